The van der Waals surface area contributed by atoms with Crippen LogP contribution in [0.2, 0.25) is 0 Å². The van der Waals surface area contributed by atoms with Crippen LogP contribution in [0.4, 0.5) is 4.79 Å². The van der Waals surface area contributed by atoms with Crippen LogP contribution in [0.5, 0.6) is 0 Å². The number of aromatic nitrogens is 1. The van der Waals surface area contributed by atoms with E-state index in [1.807, 2.05) is 39.5 Å². The third kappa shape index (κ3) is 4.47. The molecule has 0 bridgehead atoms. The molecule has 1 saturated heterocycles. The van der Waals surface area contributed by atoms with Gasteiger partial charge in [-0.2, -0.15) is 0 Å². The Balaban J connectivity index is 1.93. The SMILES string of the molecule is Cc1noc(C)c1C(C)NCC1CCCN1C(=O)OC(C)(C)C. The molecule has 1 fully saturated rings. The maximum atomic E-state index is 12.3. The van der Waals surface area contributed by atoms with E-state index in [2.05, 4.69) is 17.4 Å². The topological polar surface area (TPSA) is 67.6 Å². The van der Waals surface area contributed by atoms with E-state index in [9.17, 15) is 4.79 Å². The fourth-order valence-electron chi connectivity index (χ4n) is 3.13. The van der Waals surface area contributed by atoms with Crippen molar-refractivity contribution in [2.24, 2.45) is 0 Å². The van der Waals surface area contributed by atoms with E-state index in [1.165, 1.54) is 0 Å². The Bertz CT molecular complexity index is 528. The van der Waals surface area contributed by atoms with Crippen molar-refractivity contribution < 1.29 is 14.1 Å². The van der Waals surface area contributed by atoms with Gasteiger partial charge in [-0.25, -0.2) is 4.79 Å². The van der Waals surface area contributed by atoms with Crippen LogP contribution in [-0.4, -0.2) is 40.9 Å². The third-order valence-electron chi connectivity index (χ3n) is 4.19. The van der Waals surface area contributed by atoms with E-state index in [1.54, 1.807) is 0 Å². The van der Waals surface area contributed by atoms with Crippen LogP contribution in [0.1, 0.15) is 63.6 Å². The molecule has 1 aromatic heterocycles. The molecule has 1 aliphatic heterocycles. The average molecular weight is 323 g/mol. The molecular formula is C17H29N3O3. The van der Waals surface area contributed by atoms with Gasteiger partial charge < -0.3 is 19.5 Å². The zero-order valence-electron chi connectivity index (χ0n) is 15.1. The van der Waals surface area contributed by atoms with Gasteiger partial charge in [-0.15, -0.1) is 0 Å². The molecule has 2 rings (SSSR count). The van der Waals surface area contributed by atoms with E-state index >= 15 is 0 Å². The third-order valence-corrected chi connectivity index (χ3v) is 4.19. The maximum Gasteiger partial charge on any atom is 0.410 e. The van der Waals surface area contributed by atoms with Crippen LogP contribution in [0.25, 0.3) is 0 Å². The highest BCUT2D eigenvalue weighted by atomic mass is 16.6. The molecular weight excluding hydrogens is 294 g/mol. The maximum absolute atomic E-state index is 12.3. The number of aryl methyl sites for hydroxylation is 2. The molecule has 130 valence electrons. The lowest BCUT2D eigenvalue weighted by atomic mass is 10.1. The van der Waals surface area contributed by atoms with Crippen LogP contribution in [0.15, 0.2) is 4.52 Å². The van der Waals surface area contributed by atoms with Gasteiger partial charge in [-0.3, -0.25) is 0 Å². The van der Waals surface area contributed by atoms with Crippen LogP contribution in [-0.2, 0) is 4.74 Å². The highest BCUT2D eigenvalue weighted by Crippen LogP contribution is 2.23. The van der Waals surface area contributed by atoms with E-state index in [-0.39, 0.29) is 18.2 Å². The second kappa shape index (κ2) is 6.91. The van der Waals surface area contributed by atoms with E-state index in [0.717, 1.165) is 42.9 Å². The predicted molar refractivity (Wildman–Crippen MR) is 88.4 cm³/mol. The summed E-state index contributed by atoms with van der Waals surface area (Å²) in [6.07, 6.45) is 1.80. The fourth-order valence-corrected chi connectivity index (χ4v) is 3.13. The molecule has 6 nitrogen and oxygen atoms in total. The van der Waals surface area contributed by atoms with E-state index in [4.69, 9.17) is 9.26 Å². The van der Waals surface area contributed by atoms with Crippen molar-refractivity contribution in [3.63, 3.8) is 0 Å². The molecule has 2 unspecified atom stereocenters. The van der Waals surface area contributed by atoms with Crippen LogP contribution in [0, 0.1) is 13.8 Å². The lowest BCUT2D eigenvalue weighted by Crippen LogP contribution is -2.44. The molecule has 1 aromatic rings. The summed E-state index contributed by atoms with van der Waals surface area (Å²) in [5.41, 5.74) is 1.56. The van der Waals surface area contributed by atoms with Gasteiger partial charge in [0.15, 0.2) is 0 Å². The molecule has 1 N–H and O–H groups in total. The second-order valence-corrected chi connectivity index (χ2v) is 7.34. The molecule has 2 atom stereocenters. The van der Waals surface area contributed by atoms with Crippen molar-refractivity contribution in [2.75, 3.05) is 13.1 Å². The first-order valence-electron chi connectivity index (χ1n) is 8.35. The lowest BCUT2D eigenvalue weighted by Gasteiger charge is -2.29. The van der Waals surface area contributed by atoms with Crippen LogP contribution in [0.3, 0.4) is 0 Å². The zero-order chi connectivity index (χ0) is 17.2. The summed E-state index contributed by atoms with van der Waals surface area (Å²) in [5, 5.41) is 7.51. The number of hydrogen-bond acceptors (Lipinski definition) is 5. The van der Waals surface area contributed by atoms with Crippen molar-refractivity contribution in [1.29, 1.82) is 0 Å². The Morgan fingerprint density at radius 2 is 2.17 bits per heavy atom. The number of nitrogens with zero attached hydrogens (tertiary/aromatic N) is 2. The lowest BCUT2D eigenvalue weighted by molar-refractivity contribution is 0.0225. The number of hydrogen-bond donors (Lipinski definition) is 1. The Labute approximate surface area is 138 Å². The summed E-state index contributed by atoms with van der Waals surface area (Å²) in [6.45, 7) is 13.2. The molecule has 1 aliphatic rings. The first-order valence-corrected chi connectivity index (χ1v) is 8.35. The van der Waals surface area contributed by atoms with Crippen molar-refractivity contribution >= 4 is 6.09 Å². The molecule has 0 radical (unpaired) electrons. The summed E-state index contributed by atoms with van der Waals surface area (Å²) >= 11 is 0. The quantitative estimate of drug-likeness (QED) is 0.920. The van der Waals surface area contributed by atoms with Gasteiger partial charge in [0.05, 0.1) is 5.69 Å². The van der Waals surface area contributed by atoms with Crippen molar-refractivity contribution in [3.8, 4) is 0 Å². The van der Waals surface area contributed by atoms with E-state index < -0.39 is 5.60 Å². The smallest absolute Gasteiger partial charge is 0.410 e. The first kappa shape index (κ1) is 17.8. The van der Waals surface area contributed by atoms with Crippen LogP contribution < -0.4 is 5.32 Å². The number of amides is 1. The zero-order valence-corrected chi connectivity index (χ0v) is 15.1. The molecule has 6 heteroatoms. The van der Waals surface area contributed by atoms with Crippen LogP contribution >= 0.6 is 0 Å². The standard InChI is InChI=1S/C17H29N3O3/c1-11(15-12(2)19-23-13(15)3)18-10-14-8-7-9-20(14)16(21)22-17(4,5)6/h11,14,18H,7-10H2,1-6H3. The average Bonchev–Trinajstić information content (AvgIpc) is 3.01. The summed E-state index contributed by atoms with van der Waals surface area (Å²) in [5.74, 6) is 0.845. The van der Waals surface area contributed by atoms with Crippen molar-refractivity contribution in [2.45, 2.75) is 72.1 Å². The number of nitrogens with one attached hydrogen (secondary N) is 1. The number of ether oxygens (including phenoxy) is 1. The Kier molecular flexibility index (Phi) is 5.34. The highest BCUT2D eigenvalue weighted by Gasteiger charge is 2.32. The number of rotatable bonds is 4. The van der Waals surface area contributed by atoms with Gasteiger partial charge in [0.1, 0.15) is 11.4 Å². The molecule has 0 spiro atoms. The summed E-state index contributed by atoms with van der Waals surface area (Å²) in [4.78, 5) is 14.1. The van der Waals surface area contributed by atoms with Gasteiger partial charge in [0.25, 0.3) is 0 Å². The van der Waals surface area contributed by atoms with E-state index in [0.29, 0.717) is 0 Å². The van der Waals surface area contributed by atoms with Gasteiger partial charge in [0.2, 0.25) is 0 Å². The summed E-state index contributed by atoms with van der Waals surface area (Å²) in [7, 11) is 0. The molecule has 0 saturated carbocycles. The Morgan fingerprint density at radius 1 is 1.48 bits per heavy atom. The second-order valence-electron chi connectivity index (χ2n) is 7.34. The fraction of sp³-hybridized carbons (Fsp3) is 0.765. The Morgan fingerprint density at radius 3 is 2.74 bits per heavy atom. The van der Waals surface area contributed by atoms with Gasteiger partial charge in [-0.05, 0) is 54.4 Å². The largest absolute Gasteiger partial charge is 0.444 e. The molecule has 1 amide bonds. The molecule has 0 aromatic carbocycles. The highest BCUT2D eigenvalue weighted by molar-refractivity contribution is 5.69. The van der Waals surface area contributed by atoms with Crippen molar-refractivity contribution in [3.05, 3.63) is 17.0 Å². The first-order chi connectivity index (χ1) is 10.7. The summed E-state index contributed by atoms with van der Waals surface area (Å²) < 4.78 is 10.7. The van der Waals surface area contributed by atoms with Gasteiger partial charge in [0, 0.05) is 30.7 Å². The minimum absolute atomic E-state index is 0.141. The number of carbonyl (C=O) groups excluding carboxylic acids is 1. The van der Waals surface area contributed by atoms with Gasteiger partial charge >= 0.3 is 6.09 Å². The number of likely N-dealkylation sites (tertiary alicyclic amines) is 1. The monoisotopic (exact) mass is 323 g/mol. The normalized spacial score (nSPS) is 19.9. The number of carbonyl (C=O) groups is 1. The predicted octanol–water partition coefficient (Wildman–Crippen LogP) is 3.34. The Hall–Kier alpha value is -1.56. The molecule has 2 heterocycles. The summed E-state index contributed by atoms with van der Waals surface area (Å²) in [6, 6.07) is 0.315. The molecule has 0 aliphatic carbocycles. The van der Waals surface area contributed by atoms with Gasteiger partial charge in [-0.1, -0.05) is 5.16 Å². The molecule has 23 heavy (non-hydrogen) atoms. The minimum atomic E-state index is -0.457. The van der Waals surface area contributed by atoms with Crippen molar-refractivity contribution in [1.82, 2.24) is 15.4 Å². The minimum Gasteiger partial charge on any atom is -0.444 e.